The summed E-state index contributed by atoms with van der Waals surface area (Å²) < 4.78 is 5.57. The number of hydrogen-bond donors (Lipinski definition) is 1. The Bertz CT molecular complexity index is 406. The van der Waals surface area contributed by atoms with Crippen LogP contribution in [0.4, 0.5) is 0 Å². The van der Waals surface area contributed by atoms with E-state index in [9.17, 15) is 4.79 Å². The zero-order valence-electron chi connectivity index (χ0n) is 11.6. The molecule has 0 radical (unpaired) electrons. The molecule has 4 nitrogen and oxygen atoms in total. The maximum Gasteiger partial charge on any atom is 0.238 e. The molecule has 0 spiro atoms. The number of hydrogen-bond acceptors (Lipinski definition) is 3. The van der Waals surface area contributed by atoms with Gasteiger partial charge < -0.3 is 9.64 Å². The lowest BCUT2D eigenvalue weighted by molar-refractivity contribution is -0.128. The Morgan fingerprint density at radius 1 is 1.37 bits per heavy atom. The summed E-state index contributed by atoms with van der Waals surface area (Å²) in [5.74, 6) is 0.666. The van der Waals surface area contributed by atoms with Crippen LogP contribution < -0.4 is 5.32 Å². The average Bonchev–Trinajstić information content (AvgIpc) is 2.77. The van der Waals surface area contributed by atoms with E-state index in [0.29, 0.717) is 25.6 Å². The van der Waals surface area contributed by atoms with Gasteiger partial charge in [-0.3, -0.25) is 10.1 Å². The number of nitrogens with zero attached hydrogens (tertiary/aromatic N) is 1. The molecule has 4 heteroatoms. The van der Waals surface area contributed by atoms with Crippen molar-refractivity contribution in [1.82, 2.24) is 10.2 Å². The number of amides is 1. The summed E-state index contributed by atoms with van der Waals surface area (Å²) in [7, 11) is 0. The molecule has 1 aliphatic rings. The first-order chi connectivity index (χ1) is 9.18. The van der Waals surface area contributed by atoms with Crippen LogP contribution in [0.15, 0.2) is 30.3 Å². The zero-order valence-corrected chi connectivity index (χ0v) is 11.6. The molecule has 1 heterocycles. The van der Waals surface area contributed by atoms with Gasteiger partial charge >= 0.3 is 0 Å². The molecule has 19 heavy (non-hydrogen) atoms. The highest BCUT2D eigenvalue weighted by atomic mass is 16.5. The fraction of sp³-hybridized carbons (Fsp3) is 0.533. The lowest BCUT2D eigenvalue weighted by Gasteiger charge is -2.24. The van der Waals surface area contributed by atoms with Crippen molar-refractivity contribution in [1.29, 1.82) is 0 Å². The van der Waals surface area contributed by atoms with Crippen LogP contribution in [-0.4, -0.2) is 37.1 Å². The summed E-state index contributed by atoms with van der Waals surface area (Å²) in [6.07, 6.45) is -0.0173. The molecule has 1 amide bonds. The summed E-state index contributed by atoms with van der Waals surface area (Å²) in [6, 6.07) is 10.0. The topological polar surface area (TPSA) is 41.6 Å². The van der Waals surface area contributed by atoms with Crippen molar-refractivity contribution in [2.45, 2.75) is 20.0 Å². The fourth-order valence-electron chi connectivity index (χ4n) is 2.21. The van der Waals surface area contributed by atoms with E-state index in [0.717, 1.165) is 12.2 Å². The summed E-state index contributed by atoms with van der Waals surface area (Å²) in [5, 5.41) is 3.24. The van der Waals surface area contributed by atoms with Crippen LogP contribution in [-0.2, 0) is 9.53 Å². The molecule has 0 aliphatic carbocycles. The van der Waals surface area contributed by atoms with Gasteiger partial charge in [-0.2, -0.15) is 0 Å². The van der Waals surface area contributed by atoms with Gasteiger partial charge in [0.05, 0.1) is 13.2 Å². The largest absolute Gasteiger partial charge is 0.379 e. The van der Waals surface area contributed by atoms with Gasteiger partial charge in [0, 0.05) is 13.2 Å². The zero-order chi connectivity index (χ0) is 13.7. The molecule has 0 bridgehead atoms. The van der Waals surface area contributed by atoms with Crippen LogP contribution in [0, 0.1) is 5.92 Å². The smallest absolute Gasteiger partial charge is 0.238 e. The third-order valence-electron chi connectivity index (χ3n) is 3.12. The third kappa shape index (κ3) is 3.78. The van der Waals surface area contributed by atoms with E-state index in [4.69, 9.17) is 4.74 Å². The van der Waals surface area contributed by atoms with Crippen molar-refractivity contribution in [2.24, 2.45) is 5.92 Å². The molecular formula is C15H22N2O2. The minimum atomic E-state index is -0.0173. The third-order valence-corrected chi connectivity index (χ3v) is 3.12. The summed E-state index contributed by atoms with van der Waals surface area (Å²) in [5.41, 5.74) is 1.12. The molecule has 104 valence electrons. The minimum absolute atomic E-state index is 0.0173. The number of benzene rings is 1. The molecule has 1 fully saturated rings. The number of carbonyl (C=O) groups is 1. The van der Waals surface area contributed by atoms with Gasteiger partial charge in [0.2, 0.25) is 5.91 Å². The van der Waals surface area contributed by atoms with Gasteiger partial charge in [0.15, 0.2) is 0 Å². The van der Waals surface area contributed by atoms with Crippen molar-refractivity contribution in [3.8, 4) is 0 Å². The lowest BCUT2D eigenvalue weighted by atomic mass is 10.1. The number of nitrogens with one attached hydrogen (secondary N) is 1. The molecule has 2 rings (SSSR count). The van der Waals surface area contributed by atoms with Gasteiger partial charge in [-0.05, 0) is 11.5 Å². The summed E-state index contributed by atoms with van der Waals surface area (Å²) >= 11 is 0. The number of carbonyl (C=O) groups excluding carboxylic acids is 1. The van der Waals surface area contributed by atoms with Gasteiger partial charge in [-0.15, -0.1) is 0 Å². The predicted molar refractivity (Wildman–Crippen MR) is 74.6 cm³/mol. The first kappa shape index (κ1) is 14.0. The van der Waals surface area contributed by atoms with Crippen molar-refractivity contribution < 1.29 is 9.53 Å². The molecular weight excluding hydrogens is 240 g/mol. The molecule has 0 saturated carbocycles. The Morgan fingerprint density at radius 3 is 2.79 bits per heavy atom. The van der Waals surface area contributed by atoms with Crippen LogP contribution in [0.3, 0.4) is 0 Å². The molecule has 1 aliphatic heterocycles. The second-order valence-electron chi connectivity index (χ2n) is 5.25. The second kappa shape index (κ2) is 6.68. The van der Waals surface area contributed by atoms with E-state index in [1.54, 1.807) is 0 Å². The van der Waals surface area contributed by atoms with E-state index in [1.165, 1.54) is 0 Å². The molecule has 1 N–H and O–H groups in total. The second-order valence-corrected chi connectivity index (χ2v) is 5.25. The fourth-order valence-corrected chi connectivity index (χ4v) is 2.21. The molecule has 0 aromatic heterocycles. The average molecular weight is 262 g/mol. The number of ether oxygens (including phenoxy) is 1. The van der Waals surface area contributed by atoms with E-state index >= 15 is 0 Å². The highest BCUT2D eigenvalue weighted by Gasteiger charge is 2.30. The highest BCUT2D eigenvalue weighted by molar-refractivity contribution is 5.80. The van der Waals surface area contributed by atoms with Crippen LogP contribution in [0.2, 0.25) is 0 Å². The van der Waals surface area contributed by atoms with Crippen LogP contribution >= 0.6 is 0 Å². The van der Waals surface area contributed by atoms with Gasteiger partial charge in [-0.1, -0.05) is 44.2 Å². The van der Waals surface area contributed by atoms with Crippen molar-refractivity contribution in [3.63, 3.8) is 0 Å². The van der Waals surface area contributed by atoms with Gasteiger partial charge in [0.1, 0.15) is 6.17 Å². The van der Waals surface area contributed by atoms with Gasteiger partial charge in [-0.25, -0.2) is 0 Å². The van der Waals surface area contributed by atoms with Crippen LogP contribution in [0.25, 0.3) is 0 Å². The Labute approximate surface area is 114 Å². The standard InChI is InChI=1S/C15H22N2O2/c1-12(2)11-19-9-8-17-14(18)10-16-15(17)13-6-4-3-5-7-13/h3-7,12,15-16H,8-11H2,1-2H3. The molecule has 1 aromatic carbocycles. The maximum atomic E-state index is 11.9. The predicted octanol–water partition coefficient (Wildman–Crippen LogP) is 1.79. The van der Waals surface area contributed by atoms with Crippen LogP contribution in [0.1, 0.15) is 25.6 Å². The Morgan fingerprint density at radius 2 is 2.11 bits per heavy atom. The van der Waals surface area contributed by atoms with E-state index in [1.807, 2.05) is 35.2 Å². The Balaban J connectivity index is 1.91. The molecule has 1 unspecified atom stereocenters. The molecule has 1 saturated heterocycles. The van der Waals surface area contributed by atoms with Gasteiger partial charge in [0.25, 0.3) is 0 Å². The highest BCUT2D eigenvalue weighted by Crippen LogP contribution is 2.21. The number of rotatable bonds is 6. The van der Waals surface area contributed by atoms with E-state index < -0.39 is 0 Å². The van der Waals surface area contributed by atoms with Crippen molar-refractivity contribution >= 4 is 5.91 Å². The monoisotopic (exact) mass is 262 g/mol. The van der Waals surface area contributed by atoms with E-state index in [2.05, 4.69) is 19.2 Å². The first-order valence-electron chi connectivity index (χ1n) is 6.84. The van der Waals surface area contributed by atoms with Crippen molar-refractivity contribution in [3.05, 3.63) is 35.9 Å². The Hall–Kier alpha value is -1.39. The SMILES string of the molecule is CC(C)COCCN1C(=O)CNC1c1ccccc1. The maximum absolute atomic E-state index is 11.9. The summed E-state index contributed by atoms with van der Waals surface area (Å²) in [6.45, 7) is 6.62. The summed E-state index contributed by atoms with van der Waals surface area (Å²) in [4.78, 5) is 13.8. The lowest BCUT2D eigenvalue weighted by Crippen LogP contribution is -2.33. The minimum Gasteiger partial charge on any atom is -0.379 e. The van der Waals surface area contributed by atoms with E-state index in [-0.39, 0.29) is 12.1 Å². The normalized spacial score (nSPS) is 19.4. The molecule has 1 atom stereocenters. The first-order valence-corrected chi connectivity index (χ1v) is 6.84. The van der Waals surface area contributed by atoms with Crippen LogP contribution in [0.5, 0.6) is 0 Å². The quantitative estimate of drug-likeness (QED) is 0.795. The Kier molecular flexibility index (Phi) is 4.93. The van der Waals surface area contributed by atoms with Crippen molar-refractivity contribution in [2.75, 3.05) is 26.3 Å². The molecule has 1 aromatic rings.